The molecule has 0 unspecified atom stereocenters. The Morgan fingerprint density at radius 3 is 3.17 bits per heavy atom. The van der Waals surface area contributed by atoms with Crippen molar-refractivity contribution < 1.29 is 0 Å². The molecule has 1 nitrogen and oxygen atoms in total. The Bertz CT molecular complexity index is 214. The molecule has 0 aliphatic rings. The molecular weight excluding hydrogens is 166 g/mol. The molecule has 1 N–H and O–H groups in total. The molecule has 0 spiro atoms. The third-order valence-corrected chi connectivity index (χ3v) is 2.35. The van der Waals surface area contributed by atoms with E-state index < -0.39 is 0 Å². The summed E-state index contributed by atoms with van der Waals surface area (Å²) in [6.45, 7) is 4.26. The average molecular weight is 181 g/mol. The first kappa shape index (κ1) is 9.49. The van der Waals surface area contributed by atoms with Crippen molar-refractivity contribution in [1.82, 2.24) is 5.32 Å². The Balaban J connectivity index is 2.14. The summed E-state index contributed by atoms with van der Waals surface area (Å²) in [5, 5.41) is 5.41. The van der Waals surface area contributed by atoms with Crippen LogP contribution in [0, 0.1) is 0 Å². The molecule has 0 bridgehead atoms. The van der Waals surface area contributed by atoms with Crippen molar-refractivity contribution in [2.24, 2.45) is 0 Å². The Labute approximate surface area is 78.1 Å². The van der Waals surface area contributed by atoms with E-state index >= 15 is 0 Å². The summed E-state index contributed by atoms with van der Waals surface area (Å²) >= 11 is 1.77. The van der Waals surface area contributed by atoms with E-state index in [1.807, 2.05) is 0 Å². The predicted molar refractivity (Wildman–Crippen MR) is 56.5 cm³/mol. The van der Waals surface area contributed by atoms with Crippen molar-refractivity contribution in [3.63, 3.8) is 0 Å². The Morgan fingerprint density at radius 2 is 2.50 bits per heavy atom. The van der Waals surface area contributed by atoms with Crippen LogP contribution >= 0.6 is 11.3 Å². The molecule has 1 aromatic heterocycles. The molecule has 0 fully saturated rings. The second-order valence-corrected chi connectivity index (χ2v) is 3.60. The molecule has 1 aromatic rings. The highest BCUT2D eigenvalue weighted by atomic mass is 32.1. The summed E-state index contributed by atoms with van der Waals surface area (Å²) in [7, 11) is 0. The molecule has 66 valence electrons. The Morgan fingerprint density at radius 1 is 1.58 bits per heavy atom. The predicted octanol–water partition coefficient (Wildman–Crippen LogP) is 2.76. The first-order chi connectivity index (χ1) is 5.93. The zero-order valence-corrected chi connectivity index (χ0v) is 8.23. The third kappa shape index (κ3) is 3.69. The van der Waals surface area contributed by atoms with Crippen molar-refractivity contribution >= 4 is 17.4 Å². The van der Waals surface area contributed by atoms with Crippen LogP contribution in [0.5, 0.6) is 0 Å². The number of rotatable bonds is 5. The molecule has 1 heterocycles. The fourth-order valence-corrected chi connectivity index (χ4v) is 1.57. The molecule has 0 aliphatic carbocycles. The molecule has 0 radical (unpaired) electrons. The van der Waals surface area contributed by atoms with E-state index in [-0.39, 0.29) is 0 Å². The second kappa shape index (κ2) is 5.98. The minimum atomic E-state index is 0.978. The minimum absolute atomic E-state index is 0.978. The normalized spacial score (nSPS) is 11.1. The van der Waals surface area contributed by atoms with Gasteiger partial charge in [0.05, 0.1) is 0 Å². The maximum atomic E-state index is 3.32. The van der Waals surface area contributed by atoms with Crippen molar-refractivity contribution in [3.8, 4) is 0 Å². The van der Waals surface area contributed by atoms with Gasteiger partial charge in [0.1, 0.15) is 0 Å². The van der Waals surface area contributed by atoms with Crippen molar-refractivity contribution in [2.45, 2.75) is 13.3 Å². The van der Waals surface area contributed by atoms with Crippen LogP contribution in [-0.2, 0) is 0 Å². The molecule has 0 saturated heterocycles. The van der Waals surface area contributed by atoms with Crippen LogP contribution in [0.25, 0.3) is 6.08 Å². The molecule has 0 amide bonds. The lowest BCUT2D eigenvalue weighted by Crippen LogP contribution is -2.13. The average Bonchev–Trinajstić information content (AvgIpc) is 2.57. The van der Waals surface area contributed by atoms with E-state index in [0.717, 1.165) is 13.1 Å². The van der Waals surface area contributed by atoms with E-state index in [4.69, 9.17) is 0 Å². The van der Waals surface area contributed by atoms with Gasteiger partial charge in [0.2, 0.25) is 0 Å². The highest BCUT2D eigenvalue weighted by Gasteiger charge is 1.84. The quantitative estimate of drug-likeness (QED) is 0.689. The van der Waals surface area contributed by atoms with E-state index in [9.17, 15) is 0 Å². The topological polar surface area (TPSA) is 12.0 Å². The maximum Gasteiger partial charge on any atom is 0.0267 e. The van der Waals surface area contributed by atoms with E-state index in [2.05, 4.69) is 41.9 Å². The molecule has 0 saturated carbocycles. The van der Waals surface area contributed by atoms with Crippen LogP contribution in [0.3, 0.4) is 0 Å². The summed E-state index contributed by atoms with van der Waals surface area (Å²) in [5.74, 6) is 0. The number of nitrogens with one attached hydrogen (secondary N) is 1. The molecular formula is C10H15NS. The van der Waals surface area contributed by atoms with E-state index in [1.54, 1.807) is 11.3 Å². The Kier molecular flexibility index (Phi) is 4.73. The standard InChI is InChI=1S/C10H15NS/c1-2-7-11-8-3-5-10-6-4-9-12-10/h3-6,9,11H,2,7-8H2,1H3. The zero-order valence-electron chi connectivity index (χ0n) is 7.42. The summed E-state index contributed by atoms with van der Waals surface area (Å²) in [4.78, 5) is 1.33. The molecule has 0 atom stereocenters. The highest BCUT2D eigenvalue weighted by Crippen LogP contribution is 2.09. The smallest absolute Gasteiger partial charge is 0.0267 e. The van der Waals surface area contributed by atoms with Crippen molar-refractivity contribution in [3.05, 3.63) is 28.5 Å². The molecule has 12 heavy (non-hydrogen) atoms. The van der Waals surface area contributed by atoms with Crippen molar-refractivity contribution in [1.29, 1.82) is 0 Å². The number of hydrogen-bond donors (Lipinski definition) is 1. The fourth-order valence-electron chi connectivity index (χ4n) is 0.923. The zero-order chi connectivity index (χ0) is 8.65. The third-order valence-electron chi connectivity index (χ3n) is 1.51. The van der Waals surface area contributed by atoms with Crippen LogP contribution in [0.1, 0.15) is 18.2 Å². The summed E-state index contributed by atoms with van der Waals surface area (Å²) in [5.41, 5.74) is 0. The summed E-state index contributed by atoms with van der Waals surface area (Å²) in [6, 6.07) is 4.20. The van der Waals surface area contributed by atoms with Crippen LogP contribution in [0.2, 0.25) is 0 Å². The molecule has 0 aromatic carbocycles. The first-order valence-electron chi connectivity index (χ1n) is 4.34. The fraction of sp³-hybridized carbons (Fsp3) is 0.400. The number of hydrogen-bond acceptors (Lipinski definition) is 2. The molecule has 0 aliphatic heterocycles. The van der Waals surface area contributed by atoms with Gasteiger partial charge in [0, 0.05) is 11.4 Å². The van der Waals surface area contributed by atoms with Gasteiger partial charge in [-0.1, -0.05) is 19.1 Å². The van der Waals surface area contributed by atoms with Crippen LogP contribution < -0.4 is 5.32 Å². The monoisotopic (exact) mass is 181 g/mol. The largest absolute Gasteiger partial charge is 0.313 e. The van der Waals surface area contributed by atoms with Crippen LogP contribution in [0.15, 0.2) is 23.6 Å². The second-order valence-electron chi connectivity index (χ2n) is 2.62. The Hall–Kier alpha value is -0.600. The summed E-state index contributed by atoms with van der Waals surface area (Å²) < 4.78 is 0. The van der Waals surface area contributed by atoms with Crippen LogP contribution in [0.4, 0.5) is 0 Å². The minimum Gasteiger partial charge on any atom is -0.313 e. The lowest BCUT2D eigenvalue weighted by molar-refractivity contribution is 0.730. The van der Waals surface area contributed by atoms with Gasteiger partial charge in [0.25, 0.3) is 0 Å². The molecule has 2 heteroatoms. The van der Waals surface area contributed by atoms with E-state index in [1.165, 1.54) is 11.3 Å². The van der Waals surface area contributed by atoms with Crippen molar-refractivity contribution in [2.75, 3.05) is 13.1 Å². The maximum absolute atomic E-state index is 3.32. The van der Waals surface area contributed by atoms with Gasteiger partial charge in [-0.05, 0) is 30.5 Å². The van der Waals surface area contributed by atoms with Gasteiger partial charge in [-0.2, -0.15) is 0 Å². The first-order valence-corrected chi connectivity index (χ1v) is 5.22. The van der Waals surface area contributed by atoms with E-state index in [0.29, 0.717) is 0 Å². The van der Waals surface area contributed by atoms with Gasteiger partial charge in [-0.25, -0.2) is 0 Å². The lowest BCUT2D eigenvalue weighted by atomic mass is 10.4. The van der Waals surface area contributed by atoms with Gasteiger partial charge in [0.15, 0.2) is 0 Å². The van der Waals surface area contributed by atoms with Gasteiger partial charge < -0.3 is 5.32 Å². The highest BCUT2D eigenvalue weighted by molar-refractivity contribution is 7.10. The lowest BCUT2D eigenvalue weighted by Gasteiger charge is -1.94. The van der Waals surface area contributed by atoms with Gasteiger partial charge in [-0.15, -0.1) is 11.3 Å². The SMILES string of the molecule is CCCNCC=Cc1cccs1. The molecule has 1 rings (SSSR count). The van der Waals surface area contributed by atoms with Gasteiger partial charge in [-0.3, -0.25) is 0 Å². The van der Waals surface area contributed by atoms with Crippen LogP contribution in [-0.4, -0.2) is 13.1 Å². The number of thiophene rings is 1. The summed E-state index contributed by atoms with van der Waals surface area (Å²) in [6.07, 6.45) is 5.53. The van der Waals surface area contributed by atoms with Gasteiger partial charge >= 0.3 is 0 Å².